The van der Waals surface area contributed by atoms with Gasteiger partial charge in [-0.2, -0.15) is 0 Å². The standard InChI is InChI=1S/C12H26N2O/c1-12-6-3-4-9-14(12)10-5-7-13-8-11-15-2/h12-13H,3-11H2,1-2H3. The summed E-state index contributed by atoms with van der Waals surface area (Å²) in [6, 6.07) is 0.803. The largest absolute Gasteiger partial charge is 0.383 e. The van der Waals surface area contributed by atoms with Crippen molar-refractivity contribution in [1.29, 1.82) is 0 Å². The Morgan fingerprint density at radius 1 is 1.33 bits per heavy atom. The number of hydrogen-bond donors (Lipinski definition) is 1. The number of ether oxygens (including phenoxy) is 1. The lowest BCUT2D eigenvalue weighted by Crippen LogP contribution is -2.39. The second-order valence-corrected chi connectivity index (χ2v) is 4.48. The first-order valence-electron chi connectivity index (χ1n) is 6.28. The molecule has 1 saturated heterocycles. The van der Waals surface area contributed by atoms with Crippen LogP contribution in [0.1, 0.15) is 32.6 Å². The van der Waals surface area contributed by atoms with Gasteiger partial charge in [-0.05, 0) is 45.8 Å². The third-order valence-corrected chi connectivity index (χ3v) is 3.22. The number of nitrogens with zero attached hydrogens (tertiary/aromatic N) is 1. The Morgan fingerprint density at radius 2 is 2.20 bits per heavy atom. The highest BCUT2D eigenvalue weighted by atomic mass is 16.5. The van der Waals surface area contributed by atoms with Crippen LogP contribution in [0, 0.1) is 0 Å². The van der Waals surface area contributed by atoms with Gasteiger partial charge in [0, 0.05) is 19.7 Å². The monoisotopic (exact) mass is 214 g/mol. The molecule has 0 aromatic carbocycles. The fraction of sp³-hybridized carbons (Fsp3) is 1.00. The minimum absolute atomic E-state index is 0.803. The lowest BCUT2D eigenvalue weighted by atomic mass is 10.0. The molecule has 0 spiro atoms. The topological polar surface area (TPSA) is 24.5 Å². The molecule has 0 bridgehead atoms. The summed E-state index contributed by atoms with van der Waals surface area (Å²) < 4.78 is 4.98. The highest BCUT2D eigenvalue weighted by Gasteiger charge is 2.16. The molecule has 15 heavy (non-hydrogen) atoms. The molecule has 1 unspecified atom stereocenters. The van der Waals surface area contributed by atoms with Gasteiger partial charge in [0.25, 0.3) is 0 Å². The first kappa shape index (κ1) is 12.9. The average Bonchev–Trinajstić information content (AvgIpc) is 2.25. The maximum atomic E-state index is 4.98. The van der Waals surface area contributed by atoms with E-state index in [-0.39, 0.29) is 0 Å². The van der Waals surface area contributed by atoms with E-state index in [0.29, 0.717) is 0 Å². The SMILES string of the molecule is COCCNCCCN1CCCCC1C. The highest BCUT2D eigenvalue weighted by Crippen LogP contribution is 2.15. The van der Waals surface area contributed by atoms with Crippen LogP contribution in [-0.2, 0) is 4.74 Å². The van der Waals surface area contributed by atoms with Gasteiger partial charge in [-0.3, -0.25) is 0 Å². The van der Waals surface area contributed by atoms with Gasteiger partial charge in [0.05, 0.1) is 6.61 Å². The lowest BCUT2D eigenvalue weighted by Gasteiger charge is -2.33. The zero-order valence-electron chi connectivity index (χ0n) is 10.3. The van der Waals surface area contributed by atoms with Gasteiger partial charge in [0.1, 0.15) is 0 Å². The van der Waals surface area contributed by atoms with E-state index in [2.05, 4.69) is 17.1 Å². The summed E-state index contributed by atoms with van der Waals surface area (Å²) in [6.45, 7) is 7.83. The van der Waals surface area contributed by atoms with E-state index in [1.807, 2.05) is 0 Å². The van der Waals surface area contributed by atoms with Crippen LogP contribution in [0.15, 0.2) is 0 Å². The molecule has 0 radical (unpaired) electrons. The summed E-state index contributed by atoms with van der Waals surface area (Å²) in [5.41, 5.74) is 0. The van der Waals surface area contributed by atoms with Crippen molar-refractivity contribution < 1.29 is 4.74 Å². The summed E-state index contributed by atoms with van der Waals surface area (Å²) in [5, 5.41) is 3.39. The van der Waals surface area contributed by atoms with E-state index < -0.39 is 0 Å². The molecule has 3 heteroatoms. The van der Waals surface area contributed by atoms with Crippen LogP contribution in [0.3, 0.4) is 0 Å². The van der Waals surface area contributed by atoms with Gasteiger partial charge < -0.3 is 15.0 Å². The molecule has 0 amide bonds. The normalized spacial score (nSPS) is 23.2. The summed E-state index contributed by atoms with van der Waals surface area (Å²) in [5.74, 6) is 0. The molecule has 1 atom stereocenters. The predicted octanol–water partition coefficient (Wildman–Crippen LogP) is 1.49. The quantitative estimate of drug-likeness (QED) is 0.650. The summed E-state index contributed by atoms with van der Waals surface area (Å²) in [4.78, 5) is 2.63. The average molecular weight is 214 g/mol. The molecule has 0 aromatic rings. The van der Waals surface area contributed by atoms with Crippen molar-refractivity contribution in [2.45, 2.75) is 38.6 Å². The predicted molar refractivity (Wildman–Crippen MR) is 64.2 cm³/mol. The summed E-state index contributed by atoms with van der Waals surface area (Å²) in [7, 11) is 1.75. The minimum Gasteiger partial charge on any atom is -0.383 e. The molecule has 0 aliphatic carbocycles. The van der Waals surface area contributed by atoms with Crippen molar-refractivity contribution in [2.24, 2.45) is 0 Å². The third kappa shape index (κ3) is 5.50. The van der Waals surface area contributed by atoms with Crippen LogP contribution in [-0.4, -0.2) is 50.8 Å². The van der Waals surface area contributed by atoms with E-state index in [1.54, 1.807) is 7.11 Å². The van der Waals surface area contributed by atoms with Gasteiger partial charge in [-0.15, -0.1) is 0 Å². The number of piperidine rings is 1. The molecule has 1 heterocycles. The van der Waals surface area contributed by atoms with Crippen LogP contribution in [0.25, 0.3) is 0 Å². The number of methoxy groups -OCH3 is 1. The van der Waals surface area contributed by atoms with Gasteiger partial charge >= 0.3 is 0 Å². The first-order chi connectivity index (χ1) is 7.34. The molecule has 1 aliphatic heterocycles. The Labute approximate surface area is 94.2 Å². The highest BCUT2D eigenvalue weighted by molar-refractivity contribution is 4.72. The Hall–Kier alpha value is -0.120. The first-order valence-corrected chi connectivity index (χ1v) is 6.28. The molecule has 0 aromatic heterocycles. The molecule has 0 saturated carbocycles. The Kier molecular flexibility index (Phi) is 6.98. The zero-order valence-corrected chi connectivity index (χ0v) is 10.3. The zero-order chi connectivity index (χ0) is 10.9. The molecule has 1 fully saturated rings. The second kappa shape index (κ2) is 8.08. The number of likely N-dealkylation sites (tertiary alicyclic amines) is 1. The van der Waals surface area contributed by atoms with E-state index in [9.17, 15) is 0 Å². The van der Waals surface area contributed by atoms with E-state index >= 15 is 0 Å². The van der Waals surface area contributed by atoms with E-state index in [0.717, 1.165) is 25.7 Å². The Balaban J connectivity index is 1.94. The molecule has 1 rings (SSSR count). The minimum atomic E-state index is 0.803. The maximum Gasteiger partial charge on any atom is 0.0587 e. The third-order valence-electron chi connectivity index (χ3n) is 3.22. The summed E-state index contributed by atoms with van der Waals surface area (Å²) in [6.07, 6.45) is 5.45. The molecule has 1 N–H and O–H groups in total. The van der Waals surface area contributed by atoms with Gasteiger partial charge in [-0.1, -0.05) is 6.42 Å². The Bertz CT molecular complexity index is 153. The van der Waals surface area contributed by atoms with Gasteiger partial charge in [0.2, 0.25) is 0 Å². The van der Waals surface area contributed by atoms with Crippen molar-refractivity contribution in [3.05, 3.63) is 0 Å². The van der Waals surface area contributed by atoms with Gasteiger partial charge in [0.15, 0.2) is 0 Å². The van der Waals surface area contributed by atoms with Crippen LogP contribution >= 0.6 is 0 Å². The van der Waals surface area contributed by atoms with Crippen LogP contribution < -0.4 is 5.32 Å². The molecular weight excluding hydrogens is 188 g/mol. The fourth-order valence-corrected chi connectivity index (χ4v) is 2.20. The van der Waals surface area contributed by atoms with Gasteiger partial charge in [-0.25, -0.2) is 0 Å². The van der Waals surface area contributed by atoms with Crippen molar-refractivity contribution in [3.8, 4) is 0 Å². The van der Waals surface area contributed by atoms with Crippen LogP contribution in [0.5, 0.6) is 0 Å². The van der Waals surface area contributed by atoms with Crippen molar-refractivity contribution in [2.75, 3.05) is 39.9 Å². The van der Waals surface area contributed by atoms with Crippen LogP contribution in [0.4, 0.5) is 0 Å². The number of hydrogen-bond acceptors (Lipinski definition) is 3. The molecule has 90 valence electrons. The summed E-state index contributed by atoms with van der Waals surface area (Å²) >= 11 is 0. The number of nitrogens with one attached hydrogen (secondary N) is 1. The van der Waals surface area contributed by atoms with Crippen LogP contribution in [0.2, 0.25) is 0 Å². The molecular formula is C12H26N2O. The number of rotatable bonds is 7. The van der Waals surface area contributed by atoms with E-state index in [1.165, 1.54) is 38.8 Å². The maximum absolute atomic E-state index is 4.98. The second-order valence-electron chi connectivity index (χ2n) is 4.48. The molecule has 1 aliphatic rings. The molecule has 3 nitrogen and oxygen atoms in total. The Morgan fingerprint density at radius 3 is 2.93 bits per heavy atom. The fourth-order valence-electron chi connectivity index (χ4n) is 2.20. The lowest BCUT2D eigenvalue weighted by molar-refractivity contribution is 0.157. The van der Waals surface area contributed by atoms with Crippen molar-refractivity contribution in [3.63, 3.8) is 0 Å². The smallest absolute Gasteiger partial charge is 0.0587 e. The van der Waals surface area contributed by atoms with E-state index in [4.69, 9.17) is 4.74 Å². The van der Waals surface area contributed by atoms with Crippen molar-refractivity contribution in [1.82, 2.24) is 10.2 Å². The van der Waals surface area contributed by atoms with Crippen molar-refractivity contribution >= 4 is 0 Å².